The predicted octanol–water partition coefficient (Wildman–Crippen LogP) is 2.34. The fourth-order valence-corrected chi connectivity index (χ4v) is 2.55. The van der Waals surface area contributed by atoms with Crippen molar-refractivity contribution in [2.75, 3.05) is 26.1 Å². The Morgan fingerprint density at radius 1 is 1.36 bits per heavy atom. The van der Waals surface area contributed by atoms with E-state index in [1.54, 1.807) is 37.8 Å². The van der Waals surface area contributed by atoms with Crippen molar-refractivity contribution in [1.82, 2.24) is 4.98 Å². The molecule has 22 heavy (non-hydrogen) atoms. The van der Waals surface area contributed by atoms with Crippen LogP contribution in [-0.2, 0) is 6.42 Å². The van der Waals surface area contributed by atoms with Crippen molar-refractivity contribution in [2.24, 2.45) is 5.73 Å². The number of anilines is 1. The molecule has 1 aromatic carbocycles. The maximum Gasteiger partial charge on any atom is 0.275 e. The van der Waals surface area contributed by atoms with Gasteiger partial charge in [-0.15, -0.1) is 23.7 Å². The maximum atomic E-state index is 12.2. The van der Waals surface area contributed by atoms with E-state index in [4.69, 9.17) is 15.2 Å². The van der Waals surface area contributed by atoms with E-state index in [1.807, 2.05) is 0 Å². The lowest BCUT2D eigenvalue weighted by Crippen LogP contribution is -2.13. The van der Waals surface area contributed by atoms with Crippen LogP contribution in [0.15, 0.2) is 23.6 Å². The smallest absolute Gasteiger partial charge is 0.275 e. The van der Waals surface area contributed by atoms with Gasteiger partial charge in [0.25, 0.3) is 5.91 Å². The van der Waals surface area contributed by atoms with Gasteiger partial charge in [-0.05, 0) is 18.7 Å². The van der Waals surface area contributed by atoms with Gasteiger partial charge in [-0.3, -0.25) is 4.79 Å². The van der Waals surface area contributed by atoms with Gasteiger partial charge in [0.2, 0.25) is 0 Å². The molecule has 1 heterocycles. The summed E-state index contributed by atoms with van der Waals surface area (Å²) in [5.41, 5.74) is 6.38. The Balaban J connectivity index is 0.00000242. The first-order valence-corrected chi connectivity index (χ1v) is 7.23. The van der Waals surface area contributed by atoms with Crippen LogP contribution in [-0.4, -0.2) is 31.7 Å². The topological polar surface area (TPSA) is 86.5 Å². The van der Waals surface area contributed by atoms with E-state index >= 15 is 0 Å². The lowest BCUT2D eigenvalue weighted by Gasteiger charge is -2.10. The molecule has 0 aliphatic carbocycles. The Kier molecular flexibility index (Phi) is 7.10. The molecule has 0 fully saturated rings. The molecule has 0 aliphatic heterocycles. The monoisotopic (exact) mass is 343 g/mol. The molecule has 3 N–H and O–H groups in total. The van der Waals surface area contributed by atoms with Crippen LogP contribution in [0.1, 0.15) is 15.5 Å². The SMILES string of the molecule is COc1ccc(OC)c(NC(=O)c2csc(CCN)n2)c1.Cl. The van der Waals surface area contributed by atoms with Crippen LogP contribution in [0, 0.1) is 0 Å². The molecular formula is C14H18ClN3O3S. The highest BCUT2D eigenvalue weighted by atomic mass is 35.5. The Hall–Kier alpha value is -1.83. The zero-order valence-corrected chi connectivity index (χ0v) is 13.9. The average Bonchev–Trinajstić information content (AvgIpc) is 2.96. The molecule has 0 radical (unpaired) electrons. The second kappa shape index (κ2) is 8.57. The van der Waals surface area contributed by atoms with Crippen LogP contribution in [0.2, 0.25) is 0 Å². The fourth-order valence-electron chi connectivity index (χ4n) is 1.75. The van der Waals surface area contributed by atoms with Gasteiger partial charge in [-0.2, -0.15) is 0 Å². The van der Waals surface area contributed by atoms with Crippen molar-refractivity contribution in [1.29, 1.82) is 0 Å². The summed E-state index contributed by atoms with van der Waals surface area (Å²) in [6.07, 6.45) is 0.667. The number of ether oxygens (including phenoxy) is 2. The summed E-state index contributed by atoms with van der Waals surface area (Å²) in [5, 5.41) is 5.34. The van der Waals surface area contributed by atoms with E-state index in [-0.39, 0.29) is 18.3 Å². The third-order valence-corrected chi connectivity index (χ3v) is 3.71. The predicted molar refractivity (Wildman–Crippen MR) is 89.6 cm³/mol. The largest absolute Gasteiger partial charge is 0.497 e. The lowest BCUT2D eigenvalue weighted by atomic mass is 10.2. The van der Waals surface area contributed by atoms with Crippen molar-refractivity contribution in [3.63, 3.8) is 0 Å². The van der Waals surface area contributed by atoms with Gasteiger partial charge in [-0.25, -0.2) is 4.98 Å². The first-order valence-electron chi connectivity index (χ1n) is 6.35. The van der Waals surface area contributed by atoms with Crippen LogP contribution >= 0.6 is 23.7 Å². The summed E-state index contributed by atoms with van der Waals surface area (Å²) in [7, 11) is 3.10. The normalized spacial score (nSPS) is 9.77. The molecule has 0 bridgehead atoms. The average molecular weight is 344 g/mol. The number of nitrogens with one attached hydrogen (secondary N) is 1. The number of hydrogen-bond acceptors (Lipinski definition) is 6. The number of amides is 1. The second-order valence-corrected chi connectivity index (χ2v) is 5.13. The number of thiazole rings is 1. The number of rotatable bonds is 6. The van der Waals surface area contributed by atoms with Crippen molar-refractivity contribution in [3.05, 3.63) is 34.3 Å². The Labute approximate surface area is 139 Å². The van der Waals surface area contributed by atoms with Crippen molar-refractivity contribution in [3.8, 4) is 11.5 Å². The van der Waals surface area contributed by atoms with Crippen LogP contribution in [0.4, 0.5) is 5.69 Å². The summed E-state index contributed by atoms with van der Waals surface area (Å²) in [4.78, 5) is 16.5. The lowest BCUT2D eigenvalue weighted by molar-refractivity contribution is 0.102. The van der Waals surface area contributed by atoms with Crippen LogP contribution in [0.25, 0.3) is 0 Å². The number of carbonyl (C=O) groups excluding carboxylic acids is 1. The van der Waals surface area contributed by atoms with Crippen LogP contribution in [0.3, 0.4) is 0 Å². The molecular weight excluding hydrogens is 326 g/mol. The third-order valence-electron chi connectivity index (χ3n) is 2.80. The summed E-state index contributed by atoms with van der Waals surface area (Å²) < 4.78 is 10.4. The summed E-state index contributed by atoms with van der Waals surface area (Å²) in [5.74, 6) is 0.899. The number of halogens is 1. The number of nitrogens with two attached hydrogens (primary N) is 1. The highest BCUT2D eigenvalue weighted by Gasteiger charge is 2.14. The third kappa shape index (κ3) is 4.33. The van der Waals surface area contributed by atoms with Crippen molar-refractivity contribution in [2.45, 2.75) is 6.42 Å². The van der Waals surface area contributed by atoms with Gasteiger partial charge in [-0.1, -0.05) is 0 Å². The number of nitrogens with zero attached hydrogens (tertiary/aromatic N) is 1. The first kappa shape index (κ1) is 18.2. The van der Waals surface area contributed by atoms with Crippen LogP contribution in [0.5, 0.6) is 11.5 Å². The Bertz CT molecular complexity index is 634. The molecule has 0 atom stereocenters. The molecule has 0 spiro atoms. The van der Waals surface area contributed by atoms with Gasteiger partial charge in [0.15, 0.2) is 0 Å². The quantitative estimate of drug-likeness (QED) is 0.840. The minimum absolute atomic E-state index is 0. The van der Waals surface area contributed by atoms with Crippen LogP contribution < -0.4 is 20.5 Å². The molecule has 0 saturated heterocycles. The number of benzene rings is 1. The van der Waals surface area contributed by atoms with E-state index in [0.717, 1.165) is 5.01 Å². The van der Waals surface area contributed by atoms with Gasteiger partial charge in [0, 0.05) is 17.9 Å². The first-order chi connectivity index (χ1) is 10.2. The van der Waals surface area contributed by atoms with E-state index in [9.17, 15) is 4.79 Å². The minimum atomic E-state index is -0.291. The fraction of sp³-hybridized carbons (Fsp3) is 0.286. The molecule has 8 heteroatoms. The molecule has 0 aliphatic rings. The number of hydrogen-bond donors (Lipinski definition) is 2. The molecule has 120 valence electrons. The summed E-state index contributed by atoms with van der Waals surface area (Å²) in [6, 6.07) is 5.19. The molecule has 0 unspecified atom stereocenters. The van der Waals surface area contributed by atoms with Crippen molar-refractivity contribution >= 4 is 35.3 Å². The molecule has 1 amide bonds. The van der Waals surface area contributed by atoms with Gasteiger partial charge in [0.1, 0.15) is 17.2 Å². The number of aromatic nitrogens is 1. The standard InChI is InChI=1S/C14H17N3O3S.ClH/c1-19-9-3-4-12(20-2)10(7-9)17-14(18)11-8-21-13(16-11)5-6-15;/h3-4,7-8H,5-6,15H2,1-2H3,(H,17,18);1H. The highest BCUT2D eigenvalue weighted by Crippen LogP contribution is 2.29. The molecule has 6 nitrogen and oxygen atoms in total. The Morgan fingerprint density at radius 2 is 2.14 bits per heavy atom. The van der Waals surface area contributed by atoms with E-state index in [0.29, 0.717) is 35.8 Å². The van der Waals surface area contributed by atoms with Gasteiger partial charge >= 0.3 is 0 Å². The van der Waals surface area contributed by atoms with E-state index in [2.05, 4.69) is 10.3 Å². The number of methoxy groups -OCH3 is 2. The minimum Gasteiger partial charge on any atom is -0.497 e. The van der Waals surface area contributed by atoms with Crippen molar-refractivity contribution < 1.29 is 14.3 Å². The van der Waals surface area contributed by atoms with Gasteiger partial charge < -0.3 is 20.5 Å². The molecule has 2 rings (SSSR count). The zero-order valence-electron chi connectivity index (χ0n) is 12.3. The second-order valence-electron chi connectivity index (χ2n) is 4.19. The zero-order chi connectivity index (χ0) is 15.2. The maximum absolute atomic E-state index is 12.2. The highest BCUT2D eigenvalue weighted by molar-refractivity contribution is 7.09. The molecule has 2 aromatic rings. The van der Waals surface area contributed by atoms with Gasteiger partial charge in [0.05, 0.1) is 24.9 Å². The van der Waals surface area contributed by atoms with E-state index < -0.39 is 0 Å². The summed E-state index contributed by atoms with van der Waals surface area (Å²) in [6.45, 7) is 0.512. The number of carbonyl (C=O) groups is 1. The van der Waals surface area contributed by atoms with E-state index in [1.165, 1.54) is 11.3 Å². The summed E-state index contributed by atoms with van der Waals surface area (Å²) >= 11 is 1.42. The molecule has 0 saturated carbocycles. The molecule has 1 aromatic heterocycles. The Morgan fingerprint density at radius 3 is 2.77 bits per heavy atom.